The molecule has 2 atom stereocenters. The van der Waals surface area contributed by atoms with Crippen LogP contribution in [0.1, 0.15) is 24.9 Å². The molecule has 1 fully saturated rings. The third-order valence-corrected chi connectivity index (χ3v) is 3.96. The molecule has 0 saturated carbocycles. The predicted molar refractivity (Wildman–Crippen MR) is 73.3 cm³/mol. The van der Waals surface area contributed by atoms with Crippen molar-refractivity contribution in [3.8, 4) is 5.75 Å². The van der Waals surface area contributed by atoms with E-state index in [0.29, 0.717) is 0 Å². The fourth-order valence-electron chi connectivity index (χ4n) is 2.60. The van der Waals surface area contributed by atoms with Crippen molar-refractivity contribution in [1.29, 1.82) is 0 Å². The molecule has 2 N–H and O–H groups in total. The molecule has 2 unspecified atom stereocenters. The Labute approximate surface area is 111 Å². The number of likely N-dealkylation sites (tertiary alicyclic amines) is 1. The van der Waals surface area contributed by atoms with Crippen molar-refractivity contribution in [3.63, 3.8) is 0 Å². The molecule has 1 aliphatic heterocycles. The summed E-state index contributed by atoms with van der Waals surface area (Å²) in [5.74, 6) is 0.925. The zero-order valence-corrected chi connectivity index (χ0v) is 11.9. The highest BCUT2D eigenvalue weighted by molar-refractivity contribution is 9.10. The maximum Gasteiger partial charge on any atom is 0.123 e. The van der Waals surface area contributed by atoms with Crippen LogP contribution in [0.3, 0.4) is 0 Å². The quantitative estimate of drug-likeness (QED) is 0.932. The van der Waals surface area contributed by atoms with Gasteiger partial charge in [-0.05, 0) is 31.2 Å². The van der Waals surface area contributed by atoms with Crippen LogP contribution in [0.15, 0.2) is 22.7 Å². The van der Waals surface area contributed by atoms with E-state index in [-0.39, 0.29) is 12.1 Å². The number of methoxy groups -OCH3 is 1. The molecule has 94 valence electrons. The van der Waals surface area contributed by atoms with Gasteiger partial charge >= 0.3 is 0 Å². The lowest BCUT2D eigenvalue weighted by Crippen LogP contribution is -2.32. The summed E-state index contributed by atoms with van der Waals surface area (Å²) in [6.45, 7) is 4.27. The lowest BCUT2D eigenvalue weighted by Gasteiger charge is -2.27. The third-order valence-electron chi connectivity index (χ3n) is 3.47. The first-order chi connectivity index (χ1) is 8.17. The molecule has 3 nitrogen and oxygen atoms in total. The average molecular weight is 299 g/mol. The van der Waals surface area contributed by atoms with E-state index in [1.54, 1.807) is 7.11 Å². The van der Waals surface area contributed by atoms with Crippen molar-refractivity contribution < 1.29 is 4.74 Å². The van der Waals surface area contributed by atoms with Gasteiger partial charge in [0.1, 0.15) is 5.75 Å². The number of halogens is 1. The number of ether oxygens (including phenoxy) is 1. The predicted octanol–water partition coefficient (Wildman–Crippen LogP) is 2.55. The number of nitrogens with two attached hydrogens (primary N) is 1. The van der Waals surface area contributed by atoms with Crippen molar-refractivity contribution in [2.75, 3.05) is 20.2 Å². The molecule has 0 spiro atoms. The van der Waals surface area contributed by atoms with E-state index in [1.165, 1.54) is 5.56 Å². The van der Waals surface area contributed by atoms with E-state index in [4.69, 9.17) is 10.5 Å². The monoisotopic (exact) mass is 298 g/mol. The van der Waals surface area contributed by atoms with E-state index >= 15 is 0 Å². The van der Waals surface area contributed by atoms with Crippen molar-refractivity contribution >= 4 is 15.9 Å². The molecule has 1 aromatic carbocycles. The molecule has 0 aromatic heterocycles. The normalized spacial score (nSPS) is 25.2. The topological polar surface area (TPSA) is 38.5 Å². The zero-order chi connectivity index (χ0) is 12.4. The van der Waals surface area contributed by atoms with E-state index in [2.05, 4.69) is 33.8 Å². The van der Waals surface area contributed by atoms with Crippen molar-refractivity contribution in [3.05, 3.63) is 28.2 Å². The molecule has 1 aromatic rings. The molecule has 0 bridgehead atoms. The second-order valence-corrected chi connectivity index (χ2v) is 5.33. The second kappa shape index (κ2) is 5.38. The molecular formula is C13H19BrN2O. The Morgan fingerprint density at radius 3 is 2.94 bits per heavy atom. The van der Waals surface area contributed by atoms with Crippen LogP contribution in [0.25, 0.3) is 0 Å². The van der Waals surface area contributed by atoms with E-state index in [0.717, 1.165) is 29.7 Å². The largest absolute Gasteiger partial charge is 0.496 e. The number of nitrogens with zero attached hydrogens (tertiary/aromatic N) is 1. The Bertz CT molecular complexity index is 397. The van der Waals surface area contributed by atoms with E-state index < -0.39 is 0 Å². The van der Waals surface area contributed by atoms with Crippen LogP contribution < -0.4 is 10.5 Å². The third kappa shape index (κ3) is 2.49. The van der Waals surface area contributed by atoms with Gasteiger partial charge in [0.05, 0.1) is 13.2 Å². The summed E-state index contributed by atoms with van der Waals surface area (Å²) in [5.41, 5.74) is 7.43. The van der Waals surface area contributed by atoms with Gasteiger partial charge in [-0.1, -0.05) is 22.9 Å². The number of benzene rings is 1. The molecular weight excluding hydrogens is 280 g/mol. The van der Waals surface area contributed by atoms with Gasteiger partial charge in [-0.3, -0.25) is 4.90 Å². The van der Waals surface area contributed by atoms with Crippen LogP contribution in [-0.4, -0.2) is 31.1 Å². The number of likely N-dealkylation sites (N-methyl/N-ethyl adjacent to an activating group) is 1. The first-order valence-electron chi connectivity index (χ1n) is 6.00. The average Bonchev–Trinajstić information content (AvgIpc) is 2.70. The van der Waals surface area contributed by atoms with E-state index in [1.807, 2.05) is 12.1 Å². The highest BCUT2D eigenvalue weighted by atomic mass is 79.9. The number of rotatable bonds is 3. The maximum atomic E-state index is 6.24. The summed E-state index contributed by atoms with van der Waals surface area (Å²) in [6.07, 6.45) is 1.05. The summed E-state index contributed by atoms with van der Waals surface area (Å²) < 4.78 is 6.52. The lowest BCUT2D eigenvalue weighted by molar-refractivity contribution is 0.254. The summed E-state index contributed by atoms with van der Waals surface area (Å²) in [6, 6.07) is 6.58. The van der Waals surface area contributed by atoms with Crippen molar-refractivity contribution in [1.82, 2.24) is 4.90 Å². The van der Waals surface area contributed by atoms with Crippen LogP contribution in [0, 0.1) is 0 Å². The van der Waals surface area contributed by atoms with Gasteiger partial charge < -0.3 is 10.5 Å². The Hall–Kier alpha value is -0.580. The van der Waals surface area contributed by atoms with Gasteiger partial charge in [0.15, 0.2) is 0 Å². The summed E-state index contributed by atoms with van der Waals surface area (Å²) in [7, 11) is 1.71. The Balaban J connectivity index is 2.40. The Morgan fingerprint density at radius 1 is 1.53 bits per heavy atom. The zero-order valence-electron chi connectivity index (χ0n) is 10.3. The van der Waals surface area contributed by atoms with Gasteiger partial charge in [-0.2, -0.15) is 0 Å². The first kappa shape index (κ1) is 12.9. The van der Waals surface area contributed by atoms with Crippen LogP contribution in [-0.2, 0) is 0 Å². The fourth-order valence-corrected chi connectivity index (χ4v) is 2.98. The minimum atomic E-state index is 0.193. The van der Waals surface area contributed by atoms with Gasteiger partial charge in [-0.15, -0.1) is 0 Å². The van der Waals surface area contributed by atoms with Crippen LogP contribution in [0.4, 0.5) is 0 Å². The highest BCUT2D eigenvalue weighted by Crippen LogP contribution is 2.37. The summed E-state index contributed by atoms with van der Waals surface area (Å²) >= 11 is 3.52. The molecule has 17 heavy (non-hydrogen) atoms. The Kier molecular flexibility index (Phi) is 4.07. The van der Waals surface area contributed by atoms with Gasteiger partial charge in [0.2, 0.25) is 0 Å². The first-order valence-corrected chi connectivity index (χ1v) is 6.79. The molecule has 4 heteroatoms. The second-order valence-electron chi connectivity index (χ2n) is 4.41. The van der Waals surface area contributed by atoms with Gasteiger partial charge in [-0.25, -0.2) is 0 Å². The molecule has 1 aliphatic rings. The molecule has 1 saturated heterocycles. The van der Waals surface area contributed by atoms with Crippen molar-refractivity contribution in [2.24, 2.45) is 5.73 Å². The SMILES string of the molecule is CCN1CCC(N)C1c1cc(Br)ccc1OC. The minimum absolute atomic E-state index is 0.193. The summed E-state index contributed by atoms with van der Waals surface area (Å²) in [4.78, 5) is 2.41. The number of hydrogen-bond donors (Lipinski definition) is 1. The van der Waals surface area contributed by atoms with Crippen LogP contribution >= 0.6 is 15.9 Å². The molecule has 2 rings (SSSR count). The summed E-state index contributed by atoms with van der Waals surface area (Å²) in [5, 5.41) is 0. The molecule has 0 aliphatic carbocycles. The van der Waals surface area contributed by atoms with Crippen LogP contribution in [0.5, 0.6) is 5.75 Å². The Morgan fingerprint density at radius 2 is 2.29 bits per heavy atom. The fraction of sp³-hybridized carbons (Fsp3) is 0.538. The van der Waals surface area contributed by atoms with E-state index in [9.17, 15) is 0 Å². The molecule has 0 amide bonds. The van der Waals surface area contributed by atoms with Crippen LogP contribution in [0.2, 0.25) is 0 Å². The molecule has 1 heterocycles. The van der Waals surface area contributed by atoms with Crippen molar-refractivity contribution in [2.45, 2.75) is 25.4 Å². The lowest BCUT2D eigenvalue weighted by atomic mass is 10.00. The standard InChI is InChI=1S/C13H19BrN2O/c1-3-16-7-6-11(15)13(16)10-8-9(14)4-5-12(10)17-2/h4-5,8,11,13H,3,6-7,15H2,1-2H3. The van der Waals surface area contributed by atoms with Gasteiger partial charge in [0.25, 0.3) is 0 Å². The van der Waals surface area contributed by atoms with Gasteiger partial charge in [0, 0.05) is 22.6 Å². The molecule has 0 radical (unpaired) electrons. The minimum Gasteiger partial charge on any atom is -0.496 e. The number of hydrogen-bond acceptors (Lipinski definition) is 3. The highest BCUT2D eigenvalue weighted by Gasteiger charge is 2.33. The maximum absolute atomic E-state index is 6.24. The smallest absolute Gasteiger partial charge is 0.123 e.